The van der Waals surface area contributed by atoms with Gasteiger partial charge < -0.3 is 5.11 Å². The van der Waals surface area contributed by atoms with Crippen molar-refractivity contribution in [1.82, 2.24) is 9.97 Å². The van der Waals surface area contributed by atoms with Gasteiger partial charge in [0.25, 0.3) is 0 Å². The second kappa shape index (κ2) is 3.49. The second-order valence-corrected chi connectivity index (χ2v) is 3.79. The molecule has 0 aromatic carbocycles. The molecular formula is C6H10B2N2OS. The van der Waals surface area contributed by atoms with E-state index in [0.717, 1.165) is 10.7 Å². The average molecular weight is 180 g/mol. The maximum atomic E-state index is 9.57. The van der Waals surface area contributed by atoms with Crippen LogP contribution in [0, 0.1) is 0 Å². The van der Waals surface area contributed by atoms with Crippen molar-refractivity contribution >= 4 is 27.5 Å². The Bertz CT molecular complexity index is 259. The van der Waals surface area contributed by atoms with Crippen LogP contribution < -0.4 is 0 Å². The number of aromatic nitrogens is 2. The molecule has 1 aromatic rings. The van der Waals surface area contributed by atoms with Crippen molar-refractivity contribution < 1.29 is 5.11 Å². The first-order valence-corrected chi connectivity index (χ1v) is 4.85. The Morgan fingerprint density at radius 2 is 1.92 bits per heavy atom. The molecule has 12 heavy (non-hydrogen) atoms. The highest BCUT2D eigenvalue weighted by atomic mass is 32.2. The average Bonchev–Trinajstić information content (AvgIpc) is 2.03. The summed E-state index contributed by atoms with van der Waals surface area (Å²) in [7, 11) is 3.43. The minimum atomic E-state index is -0.850. The molecule has 0 unspecified atom stereocenters. The van der Waals surface area contributed by atoms with E-state index in [2.05, 4.69) is 9.97 Å². The van der Waals surface area contributed by atoms with E-state index in [1.54, 1.807) is 28.1 Å². The third-order valence-corrected chi connectivity index (χ3v) is 2.09. The van der Waals surface area contributed by atoms with Gasteiger partial charge in [0, 0.05) is 23.4 Å². The highest BCUT2D eigenvalue weighted by Crippen LogP contribution is 2.13. The van der Waals surface area contributed by atoms with Crippen molar-refractivity contribution in [3.05, 3.63) is 18.0 Å². The molecule has 0 saturated carbocycles. The Labute approximate surface area is 77.8 Å². The molecule has 0 aliphatic heterocycles. The monoisotopic (exact) mass is 180 g/mol. The molecule has 0 atom stereocenters. The lowest BCUT2D eigenvalue weighted by Crippen LogP contribution is -2.26. The largest absolute Gasteiger partial charge is 0.403 e. The quantitative estimate of drug-likeness (QED) is 0.344. The Kier molecular flexibility index (Phi) is 2.80. The Hall–Kier alpha value is -0.480. The van der Waals surface area contributed by atoms with E-state index >= 15 is 0 Å². The predicted octanol–water partition coefficient (Wildman–Crippen LogP) is -1.43. The third kappa shape index (κ3) is 2.25. The number of aliphatic hydroxyl groups is 1. The van der Waals surface area contributed by atoms with Crippen LogP contribution in [-0.4, -0.2) is 37.0 Å². The summed E-state index contributed by atoms with van der Waals surface area (Å²) in [5.41, 5.74) is 0.736. The maximum Gasteiger partial charge on any atom is 0.187 e. The fourth-order valence-corrected chi connectivity index (χ4v) is 1.05. The summed E-state index contributed by atoms with van der Waals surface area (Å²) in [5.74, 6) is 0. The van der Waals surface area contributed by atoms with Gasteiger partial charge in [0.15, 0.2) is 5.16 Å². The van der Waals surface area contributed by atoms with Gasteiger partial charge in [0.05, 0.1) is 0 Å². The van der Waals surface area contributed by atoms with Crippen LogP contribution in [0.25, 0.3) is 0 Å². The minimum Gasteiger partial charge on any atom is -0.403 e. The van der Waals surface area contributed by atoms with Crippen molar-refractivity contribution in [2.24, 2.45) is 0 Å². The van der Waals surface area contributed by atoms with Crippen molar-refractivity contribution in [2.75, 3.05) is 6.26 Å². The summed E-state index contributed by atoms with van der Waals surface area (Å²) < 4.78 is 0. The van der Waals surface area contributed by atoms with Gasteiger partial charge in [-0.25, -0.2) is 9.97 Å². The van der Waals surface area contributed by atoms with Gasteiger partial charge in [-0.1, -0.05) is 11.8 Å². The standard InChI is InChI=1S/C6H10B2N2OS/c1-12-5-9-2-4(3-10-5)6(7,8)11/h2-3,11H,7-8H2,1H3. The molecule has 3 nitrogen and oxygen atoms in total. The van der Waals surface area contributed by atoms with Crippen molar-refractivity contribution in [1.29, 1.82) is 0 Å². The third-order valence-electron chi connectivity index (χ3n) is 1.52. The Morgan fingerprint density at radius 1 is 1.42 bits per heavy atom. The van der Waals surface area contributed by atoms with E-state index in [1.165, 1.54) is 11.8 Å². The highest BCUT2D eigenvalue weighted by molar-refractivity contribution is 7.98. The number of rotatable bonds is 2. The first-order valence-electron chi connectivity index (χ1n) is 3.63. The van der Waals surface area contributed by atoms with Gasteiger partial charge in [-0.15, -0.1) is 0 Å². The smallest absolute Gasteiger partial charge is 0.187 e. The van der Waals surface area contributed by atoms with Crippen LogP contribution in [-0.2, 0) is 5.40 Å². The molecule has 1 heterocycles. The van der Waals surface area contributed by atoms with E-state index in [9.17, 15) is 5.11 Å². The fourth-order valence-electron chi connectivity index (χ4n) is 0.738. The number of hydrogen-bond acceptors (Lipinski definition) is 4. The number of hydrogen-bond donors (Lipinski definition) is 1. The van der Waals surface area contributed by atoms with Gasteiger partial charge in [-0.3, -0.25) is 0 Å². The highest BCUT2D eigenvalue weighted by Gasteiger charge is 2.16. The molecule has 0 spiro atoms. The molecule has 62 valence electrons. The fraction of sp³-hybridized carbons (Fsp3) is 0.333. The molecule has 1 aromatic heterocycles. The lowest BCUT2D eigenvalue weighted by Gasteiger charge is -2.16. The first-order chi connectivity index (χ1) is 5.54. The summed E-state index contributed by atoms with van der Waals surface area (Å²) in [6, 6.07) is 0. The summed E-state index contributed by atoms with van der Waals surface area (Å²) in [6.07, 6.45) is 5.22. The normalized spacial score (nSPS) is 11.5. The van der Waals surface area contributed by atoms with E-state index in [4.69, 9.17) is 0 Å². The summed E-state index contributed by atoms with van der Waals surface area (Å²) >= 11 is 1.48. The molecule has 0 bridgehead atoms. The molecule has 0 aliphatic rings. The molecule has 0 radical (unpaired) electrons. The van der Waals surface area contributed by atoms with E-state index in [1.807, 2.05) is 6.26 Å². The SMILES string of the molecule is BC(B)(O)c1cnc(SC)nc1. The number of nitrogens with zero attached hydrogens (tertiary/aromatic N) is 2. The molecule has 1 rings (SSSR count). The molecule has 1 N–H and O–H groups in total. The summed E-state index contributed by atoms with van der Waals surface area (Å²) in [5, 5.41) is 9.44. The molecule has 6 heteroatoms. The van der Waals surface area contributed by atoms with Gasteiger partial charge in [0.1, 0.15) is 15.7 Å². The van der Waals surface area contributed by atoms with Gasteiger partial charge in [-0.2, -0.15) is 0 Å². The van der Waals surface area contributed by atoms with Crippen LogP contribution in [0.4, 0.5) is 0 Å². The Balaban J connectivity index is 2.93. The zero-order chi connectivity index (χ0) is 9.19. The molecule has 0 saturated heterocycles. The zero-order valence-electron chi connectivity index (χ0n) is 7.40. The molecule has 0 aliphatic carbocycles. The minimum absolute atomic E-state index is 0.725. The van der Waals surface area contributed by atoms with Crippen LogP contribution in [0.5, 0.6) is 0 Å². The van der Waals surface area contributed by atoms with Crippen molar-refractivity contribution in [3.8, 4) is 0 Å². The molecule has 0 amide bonds. The summed E-state index contributed by atoms with van der Waals surface area (Å²) in [4.78, 5) is 8.11. The Morgan fingerprint density at radius 3 is 2.25 bits per heavy atom. The van der Waals surface area contributed by atoms with E-state index in [-0.39, 0.29) is 0 Å². The molecular weight excluding hydrogens is 170 g/mol. The van der Waals surface area contributed by atoms with Crippen molar-refractivity contribution in [3.63, 3.8) is 0 Å². The van der Waals surface area contributed by atoms with Crippen LogP contribution in [0.15, 0.2) is 17.6 Å². The van der Waals surface area contributed by atoms with Gasteiger partial charge in [0.2, 0.25) is 0 Å². The lowest BCUT2D eigenvalue weighted by molar-refractivity contribution is 0.215. The van der Waals surface area contributed by atoms with Crippen LogP contribution in [0.3, 0.4) is 0 Å². The van der Waals surface area contributed by atoms with Crippen LogP contribution >= 0.6 is 11.8 Å². The lowest BCUT2D eigenvalue weighted by atomic mass is 9.62. The topological polar surface area (TPSA) is 46.0 Å². The number of thioether (sulfide) groups is 1. The first kappa shape index (κ1) is 9.61. The van der Waals surface area contributed by atoms with Gasteiger partial charge >= 0.3 is 0 Å². The predicted molar refractivity (Wildman–Crippen MR) is 54.8 cm³/mol. The van der Waals surface area contributed by atoms with Crippen LogP contribution in [0.1, 0.15) is 5.56 Å². The second-order valence-electron chi connectivity index (χ2n) is 3.02. The van der Waals surface area contributed by atoms with E-state index in [0.29, 0.717) is 0 Å². The summed E-state index contributed by atoms with van der Waals surface area (Å²) in [6.45, 7) is 0. The van der Waals surface area contributed by atoms with Gasteiger partial charge in [-0.05, 0) is 6.26 Å². The van der Waals surface area contributed by atoms with Crippen LogP contribution in [0.2, 0.25) is 0 Å². The molecule has 0 fully saturated rings. The van der Waals surface area contributed by atoms with E-state index < -0.39 is 5.40 Å². The maximum absolute atomic E-state index is 9.57. The van der Waals surface area contributed by atoms with Crippen molar-refractivity contribution in [2.45, 2.75) is 10.6 Å². The zero-order valence-corrected chi connectivity index (χ0v) is 8.22.